The van der Waals surface area contributed by atoms with Crippen LogP contribution in [0.2, 0.25) is 0 Å². The Morgan fingerprint density at radius 3 is 3.11 bits per heavy atom. The van der Waals surface area contributed by atoms with Gasteiger partial charge in [-0.2, -0.15) is 4.98 Å². The Morgan fingerprint density at radius 2 is 2.32 bits per heavy atom. The molecule has 1 aromatic heterocycles. The molecule has 2 fully saturated rings. The lowest BCUT2D eigenvalue weighted by atomic mass is 9.95. The number of hydrogen-bond donors (Lipinski definition) is 1. The molecule has 6 heteroatoms. The molecule has 2 aliphatic heterocycles. The third-order valence-electron chi connectivity index (χ3n) is 3.75. The number of piperidine rings is 1. The number of rotatable bonds is 4. The zero-order chi connectivity index (χ0) is 12.9. The number of hydrogen-bond acceptors (Lipinski definition) is 6. The molecular weight excluding hydrogens is 246 g/mol. The first-order chi connectivity index (χ1) is 9.42. The van der Waals surface area contributed by atoms with Gasteiger partial charge in [-0.25, -0.2) is 0 Å². The molecule has 0 bridgehead atoms. The summed E-state index contributed by atoms with van der Waals surface area (Å²) in [6.45, 7) is 4.03. The second-order valence-electron chi connectivity index (χ2n) is 5.23. The van der Waals surface area contributed by atoms with Crippen LogP contribution in [0.15, 0.2) is 4.52 Å². The minimum atomic E-state index is -0.164. The van der Waals surface area contributed by atoms with Crippen LogP contribution in [0.25, 0.3) is 0 Å². The van der Waals surface area contributed by atoms with Crippen molar-refractivity contribution in [3.63, 3.8) is 0 Å². The largest absolute Gasteiger partial charge is 0.376 e. The van der Waals surface area contributed by atoms with Crippen molar-refractivity contribution >= 4 is 0 Å². The summed E-state index contributed by atoms with van der Waals surface area (Å²) in [4.78, 5) is 4.42. The molecule has 3 heterocycles. The Hall–Kier alpha value is -0.980. The number of aromatic nitrogens is 2. The number of nitrogens with one attached hydrogen (secondary N) is 1. The molecule has 6 nitrogen and oxygen atoms in total. The van der Waals surface area contributed by atoms with Crippen LogP contribution in [0.3, 0.4) is 0 Å². The SMILES string of the molecule is C1CNCC(CCc2nc(C3COCCO3)no2)C1. The van der Waals surface area contributed by atoms with Crippen molar-refractivity contribution in [3.8, 4) is 0 Å². The number of nitrogens with zero attached hydrogens (tertiary/aromatic N) is 2. The monoisotopic (exact) mass is 267 g/mol. The molecule has 0 aromatic carbocycles. The minimum Gasteiger partial charge on any atom is -0.376 e. The molecular formula is C13H21N3O3. The zero-order valence-corrected chi connectivity index (χ0v) is 11.1. The van der Waals surface area contributed by atoms with Gasteiger partial charge in [-0.3, -0.25) is 0 Å². The number of ether oxygens (including phenoxy) is 2. The van der Waals surface area contributed by atoms with E-state index in [1.54, 1.807) is 0 Å². The van der Waals surface area contributed by atoms with Gasteiger partial charge in [0.15, 0.2) is 0 Å². The molecule has 2 unspecified atom stereocenters. The average molecular weight is 267 g/mol. The topological polar surface area (TPSA) is 69.4 Å². The van der Waals surface area contributed by atoms with E-state index in [1.807, 2.05) is 0 Å². The van der Waals surface area contributed by atoms with Crippen molar-refractivity contribution in [1.29, 1.82) is 0 Å². The van der Waals surface area contributed by atoms with Gasteiger partial charge in [-0.15, -0.1) is 0 Å². The predicted molar refractivity (Wildman–Crippen MR) is 67.7 cm³/mol. The van der Waals surface area contributed by atoms with Crippen molar-refractivity contribution < 1.29 is 14.0 Å². The molecule has 1 N–H and O–H groups in total. The van der Waals surface area contributed by atoms with Gasteiger partial charge in [0.25, 0.3) is 0 Å². The molecule has 0 radical (unpaired) electrons. The summed E-state index contributed by atoms with van der Waals surface area (Å²) >= 11 is 0. The molecule has 3 rings (SSSR count). The van der Waals surface area contributed by atoms with Gasteiger partial charge in [0.1, 0.15) is 6.10 Å². The lowest BCUT2D eigenvalue weighted by Crippen LogP contribution is -2.29. The molecule has 1 aromatic rings. The van der Waals surface area contributed by atoms with Gasteiger partial charge < -0.3 is 19.3 Å². The van der Waals surface area contributed by atoms with Crippen LogP contribution < -0.4 is 5.32 Å². The van der Waals surface area contributed by atoms with E-state index in [0.29, 0.717) is 25.6 Å². The highest BCUT2D eigenvalue weighted by atomic mass is 16.6. The maximum absolute atomic E-state index is 5.55. The van der Waals surface area contributed by atoms with Crippen LogP contribution in [0.1, 0.15) is 37.1 Å². The van der Waals surface area contributed by atoms with E-state index >= 15 is 0 Å². The lowest BCUT2D eigenvalue weighted by Gasteiger charge is -2.21. The number of aryl methyl sites for hydroxylation is 1. The molecule has 2 atom stereocenters. The van der Waals surface area contributed by atoms with Crippen molar-refractivity contribution in [2.24, 2.45) is 5.92 Å². The van der Waals surface area contributed by atoms with E-state index in [2.05, 4.69) is 15.5 Å². The first-order valence-electron chi connectivity index (χ1n) is 7.14. The van der Waals surface area contributed by atoms with E-state index < -0.39 is 0 Å². The molecule has 0 saturated carbocycles. The Kier molecular flexibility index (Phi) is 4.42. The third-order valence-corrected chi connectivity index (χ3v) is 3.75. The van der Waals surface area contributed by atoms with Gasteiger partial charge >= 0.3 is 0 Å². The summed E-state index contributed by atoms with van der Waals surface area (Å²) in [5.74, 6) is 2.07. The highest BCUT2D eigenvalue weighted by Crippen LogP contribution is 2.20. The van der Waals surface area contributed by atoms with E-state index in [-0.39, 0.29) is 6.10 Å². The molecule has 2 saturated heterocycles. The Morgan fingerprint density at radius 1 is 1.32 bits per heavy atom. The fourth-order valence-corrected chi connectivity index (χ4v) is 2.64. The molecule has 0 spiro atoms. The summed E-state index contributed by atoms with van der Waals surface area (Å²) in [5.41, 5.74) is 0. The van der Waals surface area contributed by atoms with Crippen LogP contribution in [0, 0.1) is 5.92 Å². The van der Waals surface area contributed by atoms with Gasteiger partial charge in [0.05, 0.1) is 19.8 Å². The van der Waals surface area contributed by atoms with Crippen LogP contribution in [-0.2, 0) is 15.9 Å². The average Bonchev–Trinajstić information content (AvgIpc) is 2.96. The van der Waals surface area contributed by atoms with Crippen molar-refractivity contribution in [1.82, 2.24) is 15.5 Å². The van der Waals surface area contributed by atoms with Crippen molar-refractivity contribution in [2.75, 3.05) is 32.9 Å². The fourth-order valence-electron chi connectivity index (χ4n) is 2.64. The summed E-state index contributed by atoms with van der Waals surface area (Å²) in [5, 5.41) is 7.42. The lowest BCUT2D eigenvalue weighted by molar-refractivity contribution is -0.0941. The van der Waals surface area contributed by atoms with Crippen molar-refractivity contribution in [2.45, 2.75) is 31.8 Å². The second-order valence-corrected chi connectivity index (χ2v) is 5.23. The quantitative estimate of drug-likeness (QED) is 0.880. The Labute approximate surface area is 112 Å². The van der Waals surface area contributed by atoms with Gasteiger partial charge in [-0.1, -0.05) is 5.16 Å². The summed E-state index contributed by atoms with van der Waals surface area (Å²) < 4.78 is 16.2. The normalized spacial score (nSPS) is 28.4. The van der Waals surface area contributed by atoms with Crippen LogP contribution in [0.5, 0.6) is 0 Å². The first-order valence-corrected chi connectivity index (χ1v) is 7.14. The van der Waals surface area contributed by atoms with Crippen LogP contribution in [0.4, 0.5) is 0 Å². The van der Waals surface area contributed by atoms with Crippen LogP contribution >= 0.6 is 0 Å². The summed E-state index contributed by atoms with van der Waals surface area (Å²) in [7, 11) is 0. The summed E-state index contributed by atoms with van der Waals surface area (Å²) in [6, 6.07) is 0. The van der Waals surface area contributed by atoms with Gasteiger partial charge in [0.2, 0.25) is 11.7 Å². The molecule has 0 aliphatic carbocycles. The first kappa shape index (κ1) is 13.0. The predicted octanol–water partition coefficient (Wildman–Crippen LogP) is 1.09. The van der Waals surface area contributed by atoms with E-state index in [4.69, 9.17) is 14.0 Å². The summed E-state index contributed by atoms with van der Waals surface area (Å²) in [6.07, 6.45) is 4.37. The van der Waals surface area contributed by atoms with Crippen molar-refractivity contribution in [3.05, 3.63) is 11.7 Å². The molecule has 106 valence electrons. The highest BCUT2D eigenvalue weighted by molar-refractivity contribution is 4.92. The molecule has 0 amide bonds. The maximum atomic E-state index is 5.55. The molecule has 2 aliphatic rings. The standard InChI is InChI=1S/C13H21N3O3/c1-2-10(8-14-5-1)3-4-12-15-13(16-19-12)11-9-17-6-7-18-11/h10-11,14H,1-9H2. The third kappa shape index (κ3) is 3.52. The van der Waals surface area contributed by atoms with Gasteiger partial charge in [0, 0.05) is 6.42 Å². The molecule has 19 heavy (non-hydrogen) atoms. The Balaban J connectivity index is 1.49. The highest BCUT2D eigenvalue weighted by Gasteiger charge is 2.22. The fraction of sp³-hybridized carbons (Fsp3) is 0.846. The van der Waals surface area contributed by atoms with E-state index in [9.17, 15) is 0 Å². The van der Waals surface area contributed by atoms with E-state index in [0.717, 1.165) is 37.7 Å². The smallest absolute Gasteiger partial charge is 0.226 e. The van der Waals surface area contributed by atoms with Gasteiger partial charge in [-0.05, 0) is 38.3 Å². The Bertz CT molecular complexity index is 384. The second kappa shape index (κ2) is 6.45. The zero-order valence-electron chi connectivity index (χ0n) is 11.1. The van der Waals surface area contributed by atoms with E-state index in [1.165, 1.54) is 12.8 Å². The minimum absolute atomic E-state index is 0.164. The maximum Gasteiger partial charge on any atom is 0.226 e. The van der Waals surface area contributed by atoms with Crippen LogP contribution in [-0.4, -0.2) is 43.1 Å².